The normalized spacial score (nSPS) is 10.5. The third-order valence-corrected chi connectivity index (χ3v) is 4.07. The lowest BCUT2D eigenvalue weighted by Gasteiger charge is -2.20. The second kappa shape index (κ2) is 7.75. The highest BCUT2D eigenvalue weighted by Gasteiger charge is 2.10. The Balaban J connectivity index is 1.80. The largest absolute Gasteiger partial charge is 0.339 e. The third kappa shape index (κ3) is 4.32. The number of aryl methyl sites for hydroxylation is 2. The molecule has 5 nitrogen and oxygen atoms in total. The molecule has 0 aliphatic carbocycles. The van der Waals surface area contributed by atoms with E-state index in [4.69, 9.17) is 0 Å². The molecule has 25 heavy (non-hydrogen) atoms. The number of nitrogens with zero attached hydrogens (tertiary/aromatic N) is 4. The molecule has 2 aromatic carbocycles. The van der Waals surface area contributed by atoms with Crippen LogP contribution in [0.3, 0.4) is 0 Å². The number of hydrogen-bond acceptors (Lipinski definition) is 5. The number of anilines is 3. The number of benzene rings is 2. The summed E-state index contributed by atoms with van der Waals surface area (Å²) in [6, 6.07) is 16.6. The molecule has 1 aromatic heterocycles. The summed E-state index contributed by atoms with van der Waals surface area (Å²) in [6.45, 7) is 7.83. The molecule has 0 saturated carbocycles. The predicted octanol–water partition coefficient (Wildman–Crippen LogP) is 4.26. The predicted molar refractivity (Wildman–Crippen MR) is 102 cm³/mol. The van der Waals surface area contributed by atoms with Gasteiger partial charge in [-0.25, -0.2) is 0 Å². The maximum Gasteiger partial charge on any atom is 0.247 e. The lowest BCUT2D eigenvalue weighted by molar-refractivity contribution is 0.771. The van der Waals surface area contributed by atoms with E-state index in [1.54, 1.807) is 6.20 Å². The summed E-state index contributed by atoms with van der Waals surface area (Å²) in [7, 11) is 0. The van der Waals surface area contributed by atoms with Crippen LogP contribution in [-0.4, -0.2) is 21.7 Å². The number of hydrogen-bond donors (Lipinski definition) is 1. The summed E-state index contributed by atoms with van der Waals surface area (Å²) in [5.74, 6) is 1.32. The van der Waals surface area contributed by atoms with Gasteiger partial charge in [0, 0.05) is 18.8 Å². The SMILES string of the molecule is CCN(Cc1ccccc1)c1nncc(Nc2ccc(C)cc2C)n1. The molecule has 0 amide bonds. The molecule has 0 atom stereocenters. The Morgan fingerprint density at radius 3 is 2.56 bits per heavy atom. The van der Waals surface area contributed by atoms with Crippen molar-refractivity contribution in [1.29, 1.82) is 0 Å². The number of nitrogens with one attached hydrogen (secondary N) is 1. The van der Waals surface area contributed by atoms with Gasteiger partial charge in [-0.1, -0.05) is 48.0 Å². The van der Waals surface area contributed by atoms with E-state index in [-0.39, 0.29) is 0 Å². The van der Waals surface area contributed by atoms with E-state index in [0.717, 1.165) is 18.8 Å². The average Bonchev–Trinajstić information content (AvgIpc) is 2.63. The van der Waals surface area contributed by atoms with E-state index < -0.39 is 0 Å². The first-order valence-electron chi connectivity index (χ1n) is 8.48. The molecule has 1 heterocycles. The molecule has 0 spiro atoms. The Hall–Kier alpha value is -2.95. The molecule has 1 N–H and O–H groups in total. The van der Waals surface area contributed by atoms with E-state index in [2.05, 4.69) is 76.5 Å². The number of rotatable bonds is 6. The molecule has 0 bridgehead atoms. The van der Waals surface area contributed by atoms with Gasteiger partial charge in [-0.2, -0.15) is 10.1 Å². The Morgan fingerprint density at radius 2 is 1.84 bits per heavy atom. The fourth-order valence-electron chi connectivity index (χ4n) is 2.71. The highest BCUT2D eigenvalue weighted by molar-refractivity contribution is 5.61. The van der Waals surface area contributed by atoms with Crippen molar-refractivity contribution in [2.24, 2.45) is 0 Å². The molecule has 3 rings (SSSR count). The van der Waals surface area contributed by atoms with Crippen LogP contribution in [0.1, 0.15) is 23.6 Å². The highest BCUT2D eigenvalue weighted by atomic mass is 15.3. The summed E-state index contributed by atoms with van der Waals surface area (Å²) >= 11 is 0. The molecule has 0 fully saturated rings. The molecule has 0 saturated heterocycles. The lowest BCUT2D eigenvalue weighted by atomic mass is 10.1. The summed E-state index contributed by atoms with van der Waals surface area (Å²) in [5.41, 5.74) is 4.67. The van der Waals surface area contributed by atoms with Crippen molar-refractivity contribution in [3.8, 4) is 0 Å². The van der Waals surface area contributed by atoms with E-state index in [0.29, 0.717) is 11.8 Å². The van der Waals surface area contributed by atoms with Crippen molar-refractivity contribution in [3.05, 3.63) is 71.4 Å². The zero-order chi connectivity index (χ0) is 17.6. The summed E-state index contributed by atoms with van der Waals surface area (Å²) in [5, 5.41) is 11.7. The number of aromatic nitrogens is 3. The third-order valence-electron chi connectivity index (χ3n) is 4.07. The smallest absolute Gasteiger partial charge is 0.247 e. The standard InChI is InChI=1S/C20H23N5/c1-4-25(14-17-8-6-5-7-9-17)20-23-19(13-21-24-20)22-18-11-10-15(2)12-16(18)3/h5-13H,4,14H2,1-3H3,(H,22,23,24). The first-order valence-corrected chi connectivity index (χ1v) is 8.48. The molecule has 128 valence electrons. The fourth-order valence-corrected chi connectivity index (χ4v) is 2.71. The van der Waals surface area contributed by atoms with Crippen LogP contribution in [0.5, 0.6) is 0 Å². The second-order valence-corrected chi connectivity index (χ2v) is 6.08. The maximum atomic E-state index is 4.64. The highest BCUT2D eigenvalue weighted by Crippen LogP contribution is 2.21. The zero-order valence-electron chi connectivity index (χ0n) is 14.9. The van der Waals surface area contributed by atoms with Crippen LogP contribution in [0.15, 0.2) is 54.7 Å². The first-order chi connectivity index (χ1) is 12.2. The van der Waals surface area contributed by atoms with Gasteiger partial charge in [-0.3, -0.25) is 0 Å². The molecule has 0 aliphatic rings. The van der Waals surface area contributed by atoms with Crippen molar-refractivity contribution < 1.29 is 0 Å². The van der Waals surface area contributed by atoms with Crippen molar-refractivity contribution in [2.75, 3.05) is 16.8 Å². The van der Waals surface area contributed by atoms with Crippen LogP contribution >= 0.6 is 0 Å². The summed E-state index contributed by atoms with van der Waals surface area (Å²) < 4.78 is 0. The van der Waals surface area contributed by atoms with Gasteiger partial charge in [-0.15, -0.1) is 5.10 Å². The van der Waals surface area contributed by atoms with E-state index in [9.17, 15) is 0 Å². The maximum absolute atomic E-state index is 4.64. The van der Waals surface area contributed by atoms with Crippen molar-refractivity contribution in [1.82, 2.24) is 15.2 Å². The minimum atomic E-state index is 0.626. The molecule has 3 aromatic rings. The minimum Gasteiger partial charge on any atom is -0.339 e. The van der Waals surface area contributed by atoms with Crippen LogP contribution in [-0.2, 0) is 6.54 Å². The quantitative estimate of drug-likeness (QED) is 0.730. The van der Waals surface area contributed by atoms with Gasteiger partial charge < -0.3 is 10.2 Å². The second-order valence-electron chi connectivity index (χ2n) is 6.08. The first kappa shape index (κ1) is 16.9. The van der Waals surface area contributed by atoms with Gasteiger partial charge in [0.2, 0.25) is 5.95 Å². The molecule has 0 aliphatic heterocycles. The van der Waals surface area contributed by atoms with Crippen LogP contribution in [0.25, 0.3) is 0 Å². The van der Waals surface area contributed by atoms with Gasteiger partial charge in [0.15, 0.2) is 5.82 Å². The summed E-state index contributed by atoms with van der Waals surface area (Å²) in [4.78, 5) is 6.75. The van der Waals surface area contributed by atoms with Crippen LogP contribution in [0, 0.1) is 13.8 Å². The van der Waals surface area contributed by atoms with E-state index in [1.807, 2.05) is 18.2 Å². The molecule has 5 heteroatoms. The van der Waals surface area contributed by atoms with Crippen LogP contribution in [0.2, 0.25) is 0 Å². The minimum absolute atomic E-state index is 0.626. The van der Waals surface area contributed by atoms with Gasteiger partial charge in [0.05, 0.1) is 6.20 Å². The van der Waals surface area contributed by atoms with Crippen molar-refractivity contribution in [2.45, 2.75) is 27.3 Å². The van der Waals surface area contributed by atoms with Gasteiger partial charge in [0.25, 0.3) is 0 Å². The van der Waals surface area contributed by atoms with E-state index in [1.165, 1.54) is 16.7 Å². The Kier molecular flexibility index (Phi) is 5.23. The van der Waals surface area contributed by atoms with E-state index >= 15 is 0 Å². The topological polar surface area (TPSA) is 53.9 Å². The zero-order valence-corrected chi connectivity index (χ0v) is 14.9. The van der Waals surface area contributed by atoms with Gasteiger partial charge in [0.1, 0.15) is 0 Å². The molecule has 0 radical (unpaired) electrons. The Labute approximate surface area is 148 Å². The molecular weight excluding hydrogens is 310 g/mol. The lowest BCUT2D eigenvalue weighted by Crippen LogP contribution is -2.24. The Bertz CT molecular complexity index is 832. The Morgan fingerprint density at radius 1 is 1.04 bits per heavy atom. The van der Waals surface area contributed by atoms with Gasteiger partial charge in [-0.05, 0) is 38.0 Å². The average molecular weight is 333 g/mol. The molecular formula is C20H23N5. The van der Waals surface area contributed by atoms with Crippen molar-refractivity contribution in [3.63, 3.8) is 0 Å². The fraction of sp³-hybridized carbons (Fsp3) is 0.250. The monoisotopic (exact) mass is 333 g/mol. The van der Waals surface area contributed by atoms with Crippen LogP contribution < -0.4 is 10.2 Å². The van der Waals surface area contributed by atoms with Crippen molar-refractivity contribution >= 4 is 17.5 Å². The van der Waals surface area contributed by atoms with Crippen LogP contribution in [0.4, 0.5) is 17.5 Å². The summed E-state index contributed by atoms with van der Waals surface area (Å²) in [6.07, 6.45) is 1.65. The van der Waals surface area contributed by atoms with Gasteiger partial charge >= 0.3 is 0 Å². The molecule has 0 unspecified atom stereocenters.